The van der Waals surface area contributed by atoms with Gasteiger partial charge in [-0.3, -0.25) is 4.79 Å². The summed E-state index contributed by atoms with van der Waals surface area (Å²) in [5.41, 5.74) is 0.838. The maximum Gasteiger partial charge on any atom is 0.243 e. The van der Waals surface area contributed by atoms with Gasteiger partial charge in [-0.05, 0) is 25.0 Å². The van der Waals surface area contributed by atoms with Crippen molar-refractivity contribution in [2.45, 2.75) is 31.7 Å². The first-order valence-corrected chi connectivity index (χ1v) is 9.09. The van der Waals surface area contributed by atoms with E-state index in [2.05, 4.69) is 18.8 Å². The Labute approximate surface area is 133 Å². The maximum absolute atomic E-state index is 12.6. The van der Waals surface area contributed by atoms with E-state index in [9.17, 15) is 13.2 Å². The van der Waals surface area contributed by atoms with Crippen molar-refractivity contribution in [3.05, 3.63) is 18.2 Å². The second kappa shape index (κ2) is 6.67. The number of sulfonamides is 1. The van der Waals surface area contributed by atoms with Crippen LogP contribution in [0.5, 0.6) is 0 Å². The number of benzene rings is 1. The molecule has 2 aromatic rings. The molecule has 1 atom stereocenters. The molecule has 2 rings (SSSR count). The van der Waals surface area contributed by atoms with Gasteiger partial charge in [0, 0.05) is 6.54 Å². The smallest absolute Gasteiger partial charge is 0.243 e. The van der Waals surface area contributed by atoms with Gasteiger partial charge in [0.25, 0.3) is 0 Å². The van der Waals surface area contributed by atoms with Gasteiger partial charge in [0.05, 0.1) is 11.7 Å². The Morgan fingerprint density at radius 1 is 1.32 bits per heavy atom. The van der Waals surface area contributed by atoms with E-state index >= 15 is 0 Å². The van der Waals surface area contributed by atoms with Crippen LogP contribution >= 0.6 is 11.7 Å². The molecule has 1 amide bonds. The van der Waals surface area contributed by atoms with Gasteiger partial charge in [-0.15, -0.1) is 0 Å². The largest absolute Gasteiger partial charge is 0.355 e. The predicted octanol–water partition coefficient (Wildman–Crippen LogP) is 1.13. The number of likely N-dealkylation sites (N-methyl/N-ethyl adjacent to an activating group) is 1. The van der Waals surface area contributed by atoms with Crippen molar-refractivity contribution in [2.24, 2.45) is 5.92 Å². The highest BCUT2D eigenvalue weighted by atomic mass is 32.2. The molecule has 7 nitrogen and oxygen atoms in total. The third kappa shape index (κ3) is 3.42. The van der Waals surface area contributed by atoms with Crippen molar-refractivity contribution in [1.29, 1.82) is 0 Å². The van der Waals surface area contributed by atoms with E-state index in [4.69, 9.17) is 0 Å². The molecule has 1 aromatic heterocycles. The number of hydrogen-bond acceptors (Lipinski definition) is 6. The average molecular weight is 342 g/mol. The summed E-state index contributed by atoms with van der Waals surface area (Å²) in [7, 11) is -3.87. The van der Waals surface area contributed by atoms with Crippen LogP contribution in [-0.2, 0) is 14.8 Å². The van der Waals surface area contributed by atoms with E-state index in [1.54, 1.807) is 32.9 Å². The Kier molecular flexibility index (Phi) is 5.09. The summed E-state index contributed by atoms with van der Waals surface area (Å²) >= 11 is 0.951. The fourth-order valence-electron chi connectivity index (χ4n) is 2.01. The molecule has 0 radical (unpaired) electrons. The van der Waals surface area contributed by atoms with E-state index in [0.29, 0.717) is 17.6 Å². The van der Waals surface area contributed by atoms with Crippen LogP contribution in [0.4, 0.5) is 0 Å². The summed E-state index contributed by atoms with van der Waals surface area (Å²) in [5, 5.41) is 2.64. The molecule has 0 saturated carbocycles. The van der Waals surface area contributed by atoms with E-state index < -0.39 is 16.1 Å². The summed E-state index contributed by atoms with van der Waals surface area (Å²) in [6.07, 6.45) is 0. The van der Waals surface area contributed by atoms with Gasteiger partial charge in [0.15, 0.2) is 0 Å². The second-order valence-electron chi connectivity index (χ2n) is 5.13. The lowest BCUT2D eigenvalue weighted by Gasteiger charge is -2.21. The third-order valence-corrected chi connectivity index (χ3v) is 5.14. The Balaban J connectivity index is 2.37. The molecule has 0 aliphatic carbocycles. The standard InChI is InChI=1S/C13H18N4O3S2/c1-4-14-13(18)11(8(2)3)17-22(19,20)10-7-5-6-9-12(10)16-21-15-9/h5-8,11,17H,4H2,1-3H3,(H,14,18)/t11-/m1/s1. The summed E-state index contributed by atoms with van der Waals surface area (Å²) in [6, 6.07) is 3.92. The minimum atomic E-state index is -3.87. The van der Waals surface area contributed by atoms with Crippen molar-refractivity contribution < 1.29 is 13.2 Å². The molecule has 0 saturated heterocycles. The van der Waals surface area contributed by atoms with Gasteiger partial charge >= 0.3 is 0 Å². The number of hydrogen-bond donors (Lipinski definition) is 2. The molecule has 0 bridgehead atoms. The number of aromatic nitrogens is 2. The van der Waals surface area contributed by atoms with Gasteiger partial charge < -0.3 is 5.32 Å². The normalized spacial score (nSPS) is 13.5. The Hall–Kier alpha value is -1.58. The monoisotopic (exact) mass is 342 g/mol. The van der Waals surface area contributed by atoms with Crippen molar-refractivity contribution in [1.82, 2.24) is 18.8 Å². The molecule has 1 heterocycles. The van der Waals surface area contributed by atoms with Gasteiger partial charge in [-0.25, -0.2) is 8.42 Å². The third-order valence-electron chi connectivity index (χ3n) is 3.12. The van der Waals surface area contributed by atoms with E-state index in [0.717, 1.165) is 11.7 Å². The summed E-state index contributed by atoms with van der Waals surface area (Å²) < 4.78 is 35.8. The first-order valence-electron chi connectivity index (χ1n) is 6.88. The number of nitrogens with zero attached hydrogens (tertiary/aromatic N) is 2. The van der Waals surface area contributed by atoms with Gasteiger partial charge in [-0.1, -0.05) is 19.9 Å². The maximum atomic E-state index is 12.6. The average Bonchev–Trinajstić information content (AvgIpc) is 2.92. The van der Waals surface area contributed by atoms with Crippen LogP contribution in [0.1, 0.15) is 20.8 Å². The highest BCUT2D eigenvalue weighted by molar-refractivity contribution is 7.89. The lowest BCUT2D eigenvalue weighted by atomic mass is 10.1. The Morgan fingerprint density at radius 2 is 2.05 bits per heavy atom. The van der Waals surface area contributed by atoms with Crippen LogP contribution in [0.15, 0.2) is 23.1 Å². The zero-order valence-electron chi connectivity index (χ0n) is 12.5. The molecule has 9 heteroatoms. The predicted molar refractivity (Wildman–Crippen MR) is 85.0 cm³/mol. The summed E-state index contributed by atoms with van der Waals surface area (Å²) in [4.78, 5) is 12.1. The van der Waals surface area contributed by atoms with Crippen LogP contribution < -0.4 is 10.0 Å². The van der Waals surface area contributed by atoms with E-state index in [1.165, 1.54) is 6.07 Å². The molecule has 2 N–H and O–H groups in total. The molecular formula is C13H18N4O3S2. The van der Waals surface area contributed by atoms with Gasteiger partial charge in [0.2, 0.25) is 15.9 Å². The molecule has 1 aromatic carbocycles. The van der Waals surface area contributed by atoms with E-state index in [-0.39, 0.29) is 16.7 Å². The quantitative estimate of drug-likeness (QED) is 0.819. The number of carbonyl (C=O) groups excluding carboxylic acids is 1. The topological polar surface area (TPSA) is 101 Å². The summed E-state index contributed by atoms with van der Waals surface area (Å²) in [6.45, 7) is 5.79. The van der Waals surface area contributed by atoms with Crippen LogP contribution in [0.25, 0.3) is 11.0 Å². The number of nitrogens with one attached hydrogen (secondary N) is 2. The fourth-order valence-corrected chi connectivity index (χ4v) is 4.12. The Morgan fingerprint density at radius 3 is 2.68 bits per heavy atom. The van der Waals surface area contributed by atoms with Crippen LogP contribution in [0.2, 0.25) is 0 Å². The van der Waals surface area contributed by atoms with Crippen molar-refractivity contribution >= 4 is 38.7 Å². The second-order valence-corrected chi connectivity index (χ2v) is 7.34. The van der Waals surface area contributed by atoms with Crippen LogP contribution in [0, 0.1) is 5.92 Å². The minimum absolute atomic E-state index is 0.0358. The van der Waals surface area contributed by atoms with Gasteiger partial charge in [0.1, 0.15) is 22.0 Å². The molecule has 0 aliphatic heterocycles. The van der Waals surface area contributed by atoms with Gasteiger partial charge in [-0.2, -0.15) is 13.5 Å². The number of amides is 1. The molecule has 0 unspecified atom stereocenters. The van der Waals surface area contributed by atoms with Crippen molar-refractivity contribution in [3.8, 4) is 0 Å². The molecular weight excluding hydrogens is 324 g/mol. The highest BCUT2D eigenvalue weighted by Crippen LogP contribution is 2.21. The first-order chi connectivity index (χ1) is 10.4. The highest BCUT2D eigenvalue weighted by Gasteiger charge is 2.29. The number of fused-ring (bicyclic) bond motifs is 1. The van der Waals surface area contributed by atoms with E-state index in [1.807, 2.05) is 0 Å². The van der Waals surface area contributed by atoms with Crippen molar-refractivity contribution in [3.63, 3.8) is 0 Å². The first kappa shape index (κ1) is 16.8. The molecule has 120 valence electrons. The van der Waals surface area contributed by atoms with Crippen LogP contribution in [0.3, 0.4) is 0 Å². The lowest BCUT2D eigenvalue weighted by molar-refractivity contribution is -0.123. The molecule has 0 fully saturated rings. The molecule has 0 aliphatic rings. The summed E-state index contributed by atoms with van der Waals surface area (Å²) in [5.74, 6) is -0.529. The number of rotatable bonds is 6. The Bertz CT molecular complexity index is 770. The van der Waals surface area contributed by atoms with Crippen molar-refractivity contribution in [2.75, 3.05) is 6.54 Å². The number of carbonyl (C=O) groups is 1. The molecule has 22 heavy (non-hydrogen) atoms. The zero-order valence-corrected chi connectivity index (χ0v) is 14.2. The molecule has 0 spiro atoms. The zero-order chi connectivity index (χ0) is 16.3. The minimum Gasteiger partial charge on any atom is -0.355 e. The fraction of sp³-hybridized carbons (Fsp3) is 0.462. The SMILES string of the molecule is CCNC(=O)[C@H](NS(=O)(=O)c1cccc2nsnc12)C(C)C. The lowest BCUT2D eigenvalue weighted by Crippen LogP contribution is -2.49. The van der Waals surface area contributed by atoms with Crippen LogP contribution in [-0.4, -0.2) is 35.7 Å².